The quantitative estimate of drug-likeness (QED) is 0.0113. The molecule has 26 heteroatoms. The lowest BCUT2D eigenvalue weighted by atomic mass is 9.90. The summed E-state index contributed by atoms with van der Waals surface area (Å²) in [6.45, 7) is 0.858. The number of aromatic amines is 1. The van der Waals surface area contributed by atoms with Crippen LogP contribution in [0, 0.1) is 5.41 Å². The molecule has 1 aliphatic carbocycles. The Kier molecular flexibility index (Phi) is 16.7. The number of anilines is 3. The zero-order valence-electron chi connectivity index (χ0n) is 44.4. The summed E-state index contributed by atoms with van der Waals surface area (Å²) in [7, 11) is -4.80. The number of aromatic nitrogens is 4. The fraction of sp³-hybridized carbons (Fsp3) is 0.196. The molecule has 3 heterocycles. The van der Waals surface area contributed by atoms with Crippen molar-refractivity contribution in [2.24, 2.45) is 10.2 Å². The average Bonchev–Trinajstić information content (AvgIpc) is 1.61. The van der Waals surface area contributed by atoms with E-state index in [4.69, 9.17) is 26.0 Å². The summed E-state index contributed by atoms with van der Waals surface area (Å²) >= 11 is 0. The highest BCUT2D eigenvalue weighted by Gasteiger charge is 2.32. The third kappa shape index (κ3) is 13.0. The van der Waals surface area contributed by atoms with Crippen molar-refractivity contribution in [2.75, 3.05) is 50.6 Å². The van der Waals surface area contributed by atoms with Gasteiger partial charge in [-0.3, -0.25) is 28.9 Å². The van der Waals surface area contributed by atoms with E-state index in [0.717, 1.165) is 22.9 Å². The number of carbonyl (C=O) groups excluding carboxylic acids is 3. The summed E-state index contributed by atoms with van der Waals surface area (Å²) in [6, 6.07) is 33.1. The first-order chi connectivity index (χ1) is 39.1. The number of aryl methyl sites for hydroxylation is 1. The lowest BCUT2D eigenvalue weighted by Crippen LogP contribution is -2.30. The van der Waals surface area contributed by atoms with Crippen LogP contribution < -0.4 is 37.1 Å². The molecule has 1 aliphatic heterocycles. The van der Waals surface area contributed by atoms with E-state index in [1.807, 2.05) is 67.5 Å². The number of imidazole rings is 1. The number of ether oxygens (including phenoxy) is 1. The number of benzene rings is 6. The van der Waals surface area contributed by atoms with Crippen LogP contribution in [0.25, 0.3) is 44.6 Å². The number of fused-ring (bicyclic) bond motifs is 3. The number of azo groups is 1. The highest BCUT2D eigenvalue weighted by Crippen LogP contribution is 2.46. The van der Waals surface area contributed by atoms with Crippen LogP contribution in [0.2, 0.25) is 0 Å². The summed E-state index contributed by atoms with van der Waals surface area (Å²) in [5.41, 5.74) is 16.6. The molecule has 0 saturated carbocycles. The molecule has 2 aromatic heterocycles. The van der Waals surface area contributed by atoms with E-state index in [1.165, 1.54) is 42.3 Å². The van der Waals surface area contributed by atoms with Gasteiger partial charge < -0.3 is 46.0 Å². The lowest BCUT2D eigenvalue weighted by Gasteiger charge is -2.22. The summed E-state index contributed by atoms with van der Waals surface area (Å²) in [6.07, 6.45) is 1.40. The Balaban J connectivity index is 0.754. The second-order valence-electron chi connectivity index (χ2n) is 19.1. The fourth-order valence-electron chi connectivity index (χ4n) is 8.99. The Labute approximate surface area is 469 Å². The molecule has 5 aromatic carbocycles. The number of hydrogen-bond donors (Lipinski definition) is 8. The number of H-pyrrole nitrogens is 1. The predicted molar refractivity (Wildman–Crippen MR) is 305 cm³/mol. The van der Waals surface area contributed by atoms with Crippen LogP contribution in [0.3, 0.4) is 0 Å². The van der Waals surface area contributed by atoms with Crippen LogP contribution in [-0.4, -0.2) is 103 Å². The maximum Gasteiger partial charge on any atom is 0.300 e. The predicted octanol–water partition coefficient (Wildman–Crippen LogP) is 7.60. The molecule has 9 rings (SSSR count). The zero-order chi connectivity index (χ0) is 58.5. The highest BCUT2D eigenvalue weighted by atomic mass is 32.2. The van der Waals surface area contributed by atoms with Crippen molar-refractivity contribution in [1.82, 2.24) is 35.5 Å². The van der Waals surface area contributed by atoms with Crippen molar-refractivity contribution >= 4 is 88.8 Å². The molecule has 0 radical (unpaired) electrons. The topological polar surface area (TPSA) is 368 Å². The van der Waals surface area contributed by atoms with Gasteiger partial charge in [0.1, 0.15) is 12.4 Å². The molecule has 422 valence electrons. The molecular formula is C56H55N13O11S2. The molecule has 0 bridgehead atoms. The average molecular weight is 1150 g/mol. The summed E-state index contributed by atoms with van der Waals surface area (Å²) < 4.78 is 82.7. The Hall–Kier alpha value is -9.63. The van der Waals surface area contributed by atoms with Gasteiger partial charge in [-0.2, -0.15) is 37.0 Å². The number of nitrogens with zero attached hydrogens (tertiary/aromatic N) is 7. The number of nitrogens with two attached hydrogens (primary N) is 2. The van der Waals surface area contributed by atoms with Gasteiger partial charge in [-0.25, -0.2) is 4.98 Å². The summed E-state index contributed by atoms with van der Waals surface area (Å²) in [5.74, 6) is -0.833. The van der Waals surface area contributed by atoms with Crippen molar-refractivity contribution in [1.29, 1.82) is 5.41 Å². The molecule has 0 saturated heterocycles. The third-order valence-corrected chi connectivity index (χ3v) is 15.0. The van der Waals surface area contributed by atoms with Gasteiger partial charge in [0, 0.05) is 86.9 Å². The Morgan fingerprint density at radius 1 is 0.756 bits per heavy atom. The first-order valence-corrected chi connectivity index (χ1v) is 28.2. The van der Waals surface area contributed by atoms with Gasteiger partial charge in [0.15, 0.2) is 32.3 Å². The van der Waals surface area contributed by atoms with E-state index in [9.17, 15) is 40.3 Å². The summed E-state index contributed by atoms with van der Waals surface area (Å²) in [4.78, 5) is 58.0. The Bertz CT molecular complexity index is 4190. The number of carbonyl (C=O) groups is 3. The molecular weight excluding hydrogens is 1090 g/mol. The maximum atomic E-state index is 14.2. The molecule has 10 N–H and O–H groups in total. The van der Waals surface area contributed by atoms with Gasteiger partial charge in [-0.15, -0.1) is 0 Å². The number of nitrogen functional groups attached to an aromatic ring is 2. The van der Waals surface area contributed by atoms with E-state index < -0.39 is 58.3 Å². The monoisotopic (exact) mass is 1150 g/mol. The minimum Gasteiger partial charge on any atom is -0.471 e. The maximum absolute atomic E-state index is 14.2. The first kappa shape index (κ1) is 57.1. The number of nitrogens with one attached hydrogen (secondary N) is 4. The Morgan fingerprint density at radius 3 is 2.11 bits per heavy atom. The normalized spacial score (nSPS) is 11.8. The molecule has 0 fully saturated rings. The minimum absolute atomic E-state index is 0.00589. The molecule has 7 aromatic rings. The van der Waals surface area contributed by atoms with Crippen LogP contribution in [0.15, 0.2) is 146 Å². The first-order valence-electron chi connectivity index (χ1n) is 25.4. The minimum atomic E-state index is -5.15. The third-order valence-electron chi connectivity index (χ3n) is 13.1. The van der Waals surface area contributed by atoms with Crippen LogP contribution in [0.1, 0.15) is 56.9 Å². The van der Waals surface area contributed by atoms with Crippen LogP contribution >= 0.6 is 0 Å². The van der Waals surface area contributed by atoms with Crippen molar-refractivity contribution in [3.05, 3.63) is 155 Å². The zero-order valence-corrected chi connectivity index (χ0v) is 46.0. The van der Waals surface area contributed by atoms with Crippen molar-refractivity contribution in [2.45, 2.75) is 48.6 Å². The van der Waals surface area contributed by atoms with E-state index in [0.29, 0.717) is 53.3 Å². The van der Waals surface area contributed by atoms with Gasteiger partial charge in [-0.05, 0) is 108 Å². The van der Waals surface area contributed by atoms with Gasteiger partial charge in [-0.1, -0.05) is 42.5 Å². The molecule has 0 unspecified atom stereocenters. The SMILES string of the molecule is CN(CCCC(=O)NCc1ccc(COc2nc(N)nc3[nH]c(CCCNC(=O)c4ccc(/N=N/c5ccc(N(C)C)cc5)cc4)nc23)cc1)C(=O)c1ccccc1-c1c2ccc(=N)c(S(=O)(=O)O)c-2oc2c(S(=O)(=O)O)c(N)ccc12. The number of amides is 3. The molecule has 82 heavy (non-hydrogen) atoms. The van der Waals surface area contributed by atoms with Gasteiger partial charge in [0.05, 0.1) is 22.4 Å². The molecule has 2 aliphatic rings. The summed E-state index contributed by atoms with van der Waals surface area (Å²) in [5, 5.41) is 22.0. The molecule has 0 atom stereocenters. The van der Waals surface area contributed by atoms with Crippen molar-refractivity contribution in [3.63, 3.8) is 0 Å². The fourth-order valence-corrected chi connectivity index (χ4v) is 10.5. The smallest absolute Gasteiger partial charge is 0.300 e. The van der Waals surface area contributed by atoms with Crippen LogP contribution in [0.5, 0.6) is 5.88 Å². The second kappa shape index (κ2) is 24.0. The van der Waals surface area contributed by atoms with Crippen molar-refractivity contribution in [3.8, 4) is 28.3 Å². The number of hydrogen-bond acceptors (Lipinski definition) is 18. The van der Waals surface area contributed by atoms with E-state index in [1.54, 1.807) is 36.4 Å². The Morgan fingerprint density at radius 2 is 1.43 bits per heavy atom. The van der Waals surface area contributed by atoms with E-state index in [-0.39, 0.29) is 83.8 Å². The van der Waals surface area contributed by atoms with Gasteiger partial charge >= 0.3 is 0 Å². The van der Waals surface area contributed by atoms with Gasteiger partial charge in [0.25, 0.3) is 32.1 Å². The lowest BCUT2D eigenvalue weighted by molar-refractivity contribution is -0.121. The van der Waals surface area contributed by atoms with E-state index in [2.05, 4.69) is 40.8 Å². The molecule has 0 spiro atoms. The van der Waals surface area contributed by atoms with Crippen molar-refractivity contribution < 1.29 is 49.5 Å². The largest absolute Gasteiger partial charge is 0.471 e. The number of rotatable bonds is 21. The highest BCUT2D eigenvalue weighted by molar-refractivity contribution is 7.86. The molecule has 24 nitrogen and oxygen atoms in total. The van der Waals surface area contributed by atoms with Crippen LogP contribution in [0.4, 0.5) is 28.7 Å². The molecule has 3 amide bonds. The van der Waals surface area contributed by atoms with Crippen LogP contribution in [-0.2, 0) is 44.6 Å². The standard InChI is InChI=1S/C56H55N13O11S2/c1-68(2)37-22-20-36(21-23-37)67-66-35-18-16-34(17-19-35)53(71)60-28-6-10-44-62-47-52(63-44)64-56(59)65-54(47)79-31-33-14-12-32(13-15-33)30-61-45(70)11-7-29-69(3)55(72)39-9-5-4-8-38(39)46-40-24-26-42(57)50(81(73,74)75)48(40)80-49-41(46)25-27-43(58)51(49)82(76,77)78/h4-5,8-9,12-27,57H,6-7,10-11,28-31,58H2,1-3H3,(H,60,71)(H,61,70)(H,73,74,75)(H,76,77,78)(H3,59,62,63,64,65)/b57-42?,67-66+. The second-order valence-corrected chi connectivity index (χ2v) is 21.9. The van der Waals surface area contributed by atoms with E-state index >= 15 is 0 Å². The van der Waals surface area contributed by atoms with Gasteiger partial charge in [0.2, 0.25) is 17.7 Å².